The number of hydrogen-bond acceptors (Lipinski definition) is 4. The van der Waals surface area contributed by atoms with Gasteiger partial charge < -0.3 is 20.7 Å². The number of nitrogens with zero attached hydrogens (tertiary/aromatic N) is 2. The van der Waals surface area contributed by atoms with E-state index in [9.17, 15) is 4.79 Å². The van der Waals surface area contributed by atoms with E-state index in [0.29, 0.717) is 30.7 Å². The lowest BCUT2D eigenvalue weighted by molar-refractivity contribution is -0.122. The number of piperidine rings is 1. The highest BCUT2D eigenvalue weighted by molar-refractivity contribution is 5.81. The van der Waals surface area contributed by atoms with E-state index in [1.54, 1.807) is 7.05 Å². The Hall–Kier alpha value is -1.34. The molecule has 0 radical (unpaired) electrons. The SMILES string of the molecule is CCN=C(NC1CCN(CC(=O)NC)CC1)NC1C2CCOC2C1(C)C. The lowest BCUT2D eigenvalue weighted by Gasteiger charge is -2.55. The van der Waals surface area contributed by atoms with E-state index in [1.807, 2.05) is 0 Å². The van der Waals surface area contributed by atoms with Crippen LogP contribution in [0.4, 0.5) is 0 Å². The van der Waals surface area contributed by atoms with E-state index >= 15 is 0 Å². The van der Waals surface area contributed by atoms with E-state index in [4.69, 9.17) is 4.74 Å². The highest BCUT2D eigenvalue weighted by Crippen LogP contribution is 2.52. The molecule has 7 heteroatoms. The Morgan fingerprint density at radius 2 is 1.96 bits per heavy atom. The van der Waals surface area contributed by atoms with Gasteiger partial charge in [-0.25, -0.2) is 0 Å². The Bertz CT molecular complexity index is 528. The van der Waals surface area contributed by atoms with E-state index in [0.717, 1.165) is 51.5 Å². The molecule has 3 unspecified atom stereocenters. The molecule has 2 heterocycles. The Balaban J connectivity index is 1.51. The van der Waals surface area contributed by atoms with Gasteiger partial charge in [-0.2, -0.15) is 0 Å². The Morgan fingerprint density at radius 1 is 1.23 bits per heavy atom. The molecule has 0 aromatic rings. The molecule has 2 aliphatic heterocycles. The van der Waals surface area contributed by atoms with E-state index < -0.39 is 0 Å². The first-order valence-corrected chi connectivity index (χ1v) is 10.1. The summed E-state index contributed by atoms with van der Waals surface area (Å²) in [5, 5.41) is 10.0. The minimum absolute atomic E-state index is 0.0897. The van der Waals surface area contributed by atoms with Crippen molar-refractivity contribution in [2.24, 2.45) is 16.3 Å². The quantitative estimate of drug-likeness (QED) is 0.490. The molecule has 3 rings (SSSR count). The van der Waals surface area contributed by atoms with Gasteiger partial charge in [-0.05, 0) is 26.2 Å². The summed E-state index contributed by atoms with van der Waals surface area (Å²) in [6, 6.07) is 0.827. The topological polar surface area (TPSA) is 78.0 Å². The van der Waals surface area contributed by atoms with Gasteiger partial charge in [-0.1, -0.05) is 13.8 Å². The van der Waals surface area contributed by atoms with Crippen molar-refractivity contribution in [3.63, 3.8) is 0 Å². The maximum Gasteiger partial charge on any atom is 0.233 e. The van der Waals surface area contributed by atoms with Crippen LogP contribution in [0.5, 0.6) is 0 Å². The van der Waals surface area contributed by atoms with E-state index in [1.165, 1.54) is 0 Å². The third-order valence-corrected chi connectivity index (χ3v) is 6.28. The van der Waals surface area contributed by atoms with Crippen molar-refractivity contribution >= 4 is 11.9 Å². The average Bonchev–Trinajstić information content (AvgIpc) is 3.08. The molecule has 0 spiro atoms. The Kier molecular flexibility index (Phi) is 6.07. The summed E-state index contributed by atoms with van der Waals surface area (Å²) in [7, 11) is 1.69. The van der Waals surface area contributed by atoms with Crippen molar-refractivity contribution in [1.29, 1.82) is 0 Å². The van der Waals surface area contributed by atoms with Gasteiger partial charge in [0.05, 0.1) is 12.6 Å². The summed E-state index contributed by atoms with van der Waals surface area (Å²) < 4.78 is 5.90. The second-order valence-electron chi connectivity index (χ2n) is 8.38. The number of guanidine groups is 1. The summed E-state index contributed by atoms with van der Waals surface area (Å²) in [6.45, 7) is 10.7. The highest BCUT2D eigenvalue weighted by Gasteiger charge is 2.59. The average molecular weight is 366 g/mol. The summed E-state index contributed by atoms with van der Waals surface area (Å²) >= 11 is 0. The number of carbonyl (C=O) groups is 1. The van der Waals surface area contributed by atoms with Crippen LogP contribution in [0.2, 0.25) is 0 Å². The molecule has 3 aliphatic rings. The van der Waals surface area contributed by atoms with Crippen LogP contribution in [0.3, 0.4) is 0 Å². The number of likely N-dealkylation sites (tertiary alicyclic amines) is 1. The number of likely N-dealkylation sites (N-methyl/N-ethyl adjacent to an activating group) is 1. The maximum absolute atomic E-state index is 11.5. The first kappa shape index (κ1) is 19.4. The lowest BCUT2D eigenvalue weighted by atomic mass is 9.57. The van der Waals surface area contributed by atoms with Crippen LogP contribution < -0.4 is 16.0 Å². The molecule has 1 aliphatic carbocycles. The predicted molar refractivity (Wildman–Crippen MR) is 103 cm³/mol. The van der Waals surface area contributed by atoms with Crippen LogP contribution in [-0.2, 0) is 9.53 Å². The fourth-order valence-electron chi connectivity index (χ4n) is 4.77. The fraction of sp³-hybridized carbons (Fsp3) is 0.895. The van der Waals surface area contributed by atoms with Crippen molar-refractivity contribution in [2.45, 2.75) is 58.2 Å². The zero-order valence-corrected chi connectivity index (χ0v) is 16.7. The van der Waals surface area contributed by atoms with E-state index in [-0.39, 0.29) is 11.3 Å². The number of ether oxygens (including phenoxy) is 1. The zero-order chi connectivity index (χ0) is 18.7. The molecule has 2 saturated heterocycles. The molecule has 0 aromatic carbocycles. The summed E-state index contributed by atoms with van der Waals surface area (Å²) in [4.78, 5) is 18.4. The molecule has 0 aromatic heterocycles. The lowest BCUT2D eigenvalue weighted by Crippen LogP contribution is -2.68. The molecule has 7 nitrogen and oxygen atoms in total. The number of aliphatic imine (C=N–C) groups is 1. The van der Waals surface area contributed by atoms with Crippen LogP contribution >= 0.6 is 0 Å². The van der Waals surface area contributed by atoms with Gasteiger partial charge in [0.25, 0.3) is 0 Å². The smallest absolute Gasteiger partial charge is 0.233 e. The number of carbonyl (C=O) groups excluding carboxylic acids is 1. The van der Waals surface area contributed by atoms with Crippen molar-refractivity contribution in [2.75, 3.05) is 39.8 Å². The number of amides is 1. The van der Waals surface area contributed by atoms with E-state index in [2.05, 4.69) is 46.6 Å². The first-order chi connectivity index (χ1) is 12.5. The summed E-state index contributed by atoms with van der Waals surface area (Å²) in [5.41, 5.74) is 0.147. The fourth-order valence-corrected chi connectivity index (χ4v) is 4.77. The molecule has 0 bridgehead atoms. The Morgan fingerprint density at radius 3 is 2.62 bits per heavy atom. The van der Waals surface area contributed by atoms with Crippen molar-refractivity contribution in [1.82, 2.24) is 20.9 Å². The maximum atomic E-state index is 11.5. The standard InChI is InChI=1S/C19H35N5O2/c1-5-21-18(23-16-14-8-11-26-17(14)19(16,2)3)22-13-6-9-24(10-7-13)12-15(25)20-4/h13-14,16-17H,5-12H2,1-4H3,(H,20,25)(H2,21,22,23). The Labute approximate surface area is 157 Å². The normalized spacial score (nSPS) is 31.8. The first-order valence-electron chi connectivity index (χ1n) is 10.1. The van der Waals surface area contributed by atoms with Crippen LogP contribution in [-0.4, -0.2) is 74.8 Å². The van der Waals surface area contributed by atoms with Gasteiger partial charge in [0.2, 0.25) is 5.91 Å². The minimum Gasteiger partial charge on any atom is -0.377 e. The van der Waals surface area contributed by atoms with Crippen LogP contribution in [0, 0.1) is 11.3 Å². The monoisotopic (exact) mass is 365 g/mol. The molecular formula is C19H35N5O2. The van der Waals surface area contributed by atoms with Gasteiger partial charge >= 0.3 is 0 Å². The van der Waals surface area contributed by atoms with Crippen molar-refractivity contribution in [3.8, 4) is 0 Å². The molecule has 3 fully saturated rings. The molecular weight excluding hydrogens is 330 g/mol. The molecule has 1 amide bonds. The highest BCUT2D eigenvalue weighted by atomic mass is 16.5. The van der Waals surface area contributed by atoms with Crippen LogP contribution in [0.1, 0.15) is 40.0 Å². The van der Waals surface area contributed by atoms with Crippen molar-refractivity contribution < 1.29 is 9.53 Å². The summed E-state index contributed by atoms with van der Waals surface area (Å²) in [6.07, 6.45) is 3.59. The number of nitrogens with one attached hydrogen (secondary N) is 3. The second kappa shape index (κ2) is 8.13. The zero-order valence-electron chi connectivity index (χ0n) is 16.7. The van der Waals surface area contributed by atoms with Gasteiger partial charge in [-0.15, -0.1) is 0 Å². The summed E-state index contributed by atoms with van der Waals surface area (Å²) in [5.74, 6) is 1.62. The minimum atomic E-state index is 0.0897. The van der Waals surface area contributed by atoms with Gasteiger partial charge in [-0.3, -0.25) is 14.7 Å². The number of fused-ring (bicyclic) bond motifs is 1. The van der Waals surface area contributed by atoms with Crippen molar-refractivity contribution in [3.05, 3.63) is 0 Å². The van der Waals surface area contributed by atoms with Gasteiger partial charge in [0, 0.05) is 56.7 Å². The molecule has 148 valence electrons. The van der Waals surface area contributed by atoms with Crippen LogP contribution in [0.25, 0.3) is 0 Å². The molecule has 26 heavy (non-hydrogen) atoms. The third kappa shape index (κ3) is 3.98. The second-order valence-corrected chi connectivity index (χ2v) is 8.38. The number of hydrogen-bond donors (Lipinski definition) is 3. The van der Waals surface area contributed by atoms with Crippen LogP contribution in [0.15, 0.2) is 4.99 Å². The van der Waals surface area contributed by atoms with Gasteiger partial charge in [0.15, 0.2) is 5.96 Å². The number of rotatable bonds is 5. The third-order valence-electron chi connectivity index (χ3n) is 6.28. The molecule has 3 atom stereocenters. The van der Waals surface area contributed by atoms with Gasteiger partial charge in [0.1, 0.15) is 0 Å². The predicted octanol–water partition coefficient (Wildman–Crippen LogP) is 0.565. The molecule has 1 saturated carbocycles. The largest absolute Gasteiger partial charge is 0.377 e. The molecule has 3 N–H and O–H groups in total.